The number of carbonyl (C=O) groups is 3. The van der Waals surface area contributed by atoms with Crippen LogP contribution in [0.1, 0.15) is 29.6 Å². The van der Waals surface area contributed by atoms with Crippen LogP contribution in [-0.4, -0.2) is 39.1 Å². The number of carbonyl (C=O) groups excluding carboxylic acids is 3. The van der Waals surface area contributed by atoms with Crippen molar-refractivity contribution in [3.8, 4) is 5.75 Å². The summed E-state index contributed by atoms with van der Waals surface area (Å²) >= 11 is 0. The van der Waals surface area contributed by atoms with Crippen LogP contribution in [0.5, 0.6) is 5.75 Å². The summed E-state index contributed by atoms with van der Waals surface area (Å²) in [6.45, 7) is 0. The van der Waals surface area contributed by atoms with E-state index in [0.29, 0.717) is 11.3 Å². The average Bonchev–Trinajstić information content (AvgIpc) is 2.57. The lowest BCUT2D eigenvalue weighted by Gasteiger charge is -2.14. The molecule has 1 aromatic rings. The first-order chi connectivity index (χ1) is 10.5. The summed E-state index contributed by atoms with van der Waals surface area (Å²) in [6.07, 6.45) is 0.204. The van der Waals surface area contributed by atoms with Gasteiger partial charge in [0.15, 0.2) is 5.78 Å². The zero-order chi connectivity index (χ0) is 16.5. The maximum Gasteiger partial charge on any atom is 0.306 e. The van der Waals surface area contributed by atoms with Crippen molar-refractivity contribution in [3.05, 3.63) is 29.8 Å². The Morgan fingerprint density at radius 2 is 1.73 bits per heavy atom. The Bertz CT molecular complexity index is 537. The normalized spacial score (nSPS) is 11.4. The molecule has 0 aliphatic carbocycles. The number of esters is 2. The lowest BCUT2D eigenvalue weighted by Crippen LogP contribution is -2.21. The minimum absolute atomic E-state index is 0.0634. The van der Waals surface area contributed by atoms with Gasteiger partial charge in [0.25, 0.3) is 0 Å². The van der Waals surface area contributed by atoms with Crippen molar-refractivity contribution < 1.29 is 28.6 Å². The van der Waals surface area contributed by atoms with Crippen molar-refractivity contribution in [1.29, 1.82) is 0 Å². The Balaban J connectivity index is 2.89. The highest BCUT2D eigenvalue weighted by molar-refractivity contribution is 5.99. The zero-order valence-corrected chi connectivity index (χ0v) is 13.0. The molecule has 1 atom stereocenters. The first-order valence-electron chi connectivity index (χ1n) is 6.83. The van der Waals surface area contributed by atoms with Gasteiger partial charge in [-0.3, -0.25) is 14.4 Å². The first kappa shape index (κ1) is 17.7. The Morgan fingerprint density at radius 3 is 2.32 bits per heavy atom. The minimum atomic E-state index is -0.640. The molecule has 1 unspecified atom stereocenters. The lowest BCUT2D eigenvalue weighted by atomic mass is 9.90. The van der Waals surface area contributed by atoms with Gasteiger partial charge in [0.2, 0.25) is 0 Å². The summed E-state index contributed by atoms with van der Waals surface area (Å²) in [6, 6.07) is 6.67. The fraction of sp³-hybridized carbons (Fsp3) is 0.438. The number of ether oxygens (including phenoxy) is 3. The quantitative estimate of drug-likeness (QED) is 0.540. The molecule has 1 aromatic carbocycles. The lowest BCUT2D eigenvalue weighted by molar-refractivity contribution is -0.143. The molecule has 1 rings (SSSR count). The molecule has 0 N–H and O–H groups in total. The molecule has 0 aromatic heterocycles. The van der Waals surface area contributed by atoms with E-state index in [4.69, 9.17) is 4.74 Å². The van der Waals surface area contributed by atoms with Crippen molar-refractivity contribution in [3.63, 3.8) is 0 Å². The van der Waals surface area contributed by atoms with Gasteiger partial charge in [0, 0.05) is 17.9 Å². The molecular weight excluding hydrogens is 288 g/mol. The second-order valence-corrected chi connectivity index (χ2v) is 4.69. The largest absolute Gasteiger partial charge is 0.497 e. The summed E-state index contributed by atoms with van der Waals surface area (Å²) in [5, 5.41) is 0. The fourth-order valence-electron chi connectivity index (χ4n) is 2.02. The summed E-state index contributed by atoms with van der Waals surface area (Å²) in [5.41, 5.74) is 0.429. The molecule has 0 saturated carbocycles. The summed E-state index contributed by atoms with van der Waals surface area (Å²) in [7, 11) is 4.05. The first-order valence-corrected chi connectivity index (χ1v) is 6.83. The highest BCUT2D eigenvalue weighted by atomic mass is 16.5. The number of methoxy groups -OCH3 is 3. The van der Waals surface area contributed by atoms with E-state index in [-0.39, 0.29) is 25.0 Å². The van der Waals surface area contributed by atoms with Gasteiger partial charge in [0.05, 0.1) is 27.8 Å². The van der Waals surface area contributed by atoms with E-state index in [1.807, 2.05) is 0 Å². The number of Topliss-reactive ketones (excluding diaryl/α,β-unsaturated/α-hetero) is 1. The minimum Gasteiger partial charge on any atom is -0.497 e. The van der Waals surface area contributed by atoms with Crippen LogP contribution in [0.4, 0.5) is 0 Å². The van der Waals surface area contributed by atoms with Gasteiger partial charge >= 0.3 is 11.9 Å². The van der Waals surface area contributed by atoms with Crippen molar-refractivity contribution in [2.75, 3.05) is 21.3 Å². The van der Waals surface area contributed by atoms with Crippen LogP contribution in [0.15, 0.2) is 24.3 Å². The molecule has 0 bridgehead atoms. The highest BCUT2D eigenvalue weighted by Gasteiger charge is 2.25. The van der Waals surface area contributed by atoms with Gasteiger partial charge < -0.3 is 14.2 Å². The predicted molar refractivity (Wildman–Crippen MR) is 78.7 cm³/mol. The summed E-state index contributed by atoms with van der Waals surface area (Å²) in [4.78, 5) is 35.3. The highest BCUT2D eigenvalue weighted by Crippen LogP contribution is 2.22. The molecule has 0 radical (unpaired) electrons. The third-order valence-corrected chi connectivity index (χ3v) is 3.29. The number of hydrogen-bond donors (Lipinski definition) is 0. The number of benzene rings is 1. The van der Waals surface area contributed by atoms with Crippen LogP contribution in [-0.2, 0) is 19.1 Å². The SMILES string of the molecule is COC(=O)CCC(CC(=O)OC)C(=O)c1cccc(OC)c1. The average molecular weight is 308 g/mol. The fourth-order valence-corrected chi connectivity index (χ4v) is 2.02. The smallest absolute Gasteiger partial charge is 0.306 e. The van der Waals surface area contributed by atoms with Crippen LogP contribution >= 0.6 is 0 Å². The Labute approximate surface area is 129 Å². The monoisotopic (exact) mass is 308 g/mol. The molecule has 6 heteroatoms. The topological polar surface area (TPSA) is 78.9 Å². The molecule has 0 fully saturated rings. The third kappa shape index (κ3) is 5.20. The van der Waals surface area contributed by atoms with Crippen molar-refractivity contribution >= 4 is 17.7 Å². The van der Waals surface area contributed by atoms with Crippen molar-refractivity contribution in [2.45, 2.75) is 19.3 Å². The molecule has 0 aliphatic heterocycles. The standard InChI is InChI=1S/C16H20O6/c1-20-13-6-4-5-11(9-13)16(19)12(10-15(18)22-3)7-8-14(17)21-2/h4-6,9,12H,7-8,10H2,1-3H3. The molecule has 0 saturated heterocycles. The van der Waals surface area contributed by atoms with Gasteiger partial charge in [0.1, 0.15) is 5.75 Å². The van der Waals surface area contributed by atoms with Crippen LogP contribution in [0, 0.1) is 5.92 Å². The molecule has 6 nitrogen and oxygen atoms in total. The van der Waals surface area contributed by atoms with Crippen LogP contribution < -0.4 is 4.74 Å². The van der Waals surface area contributed by atoms with Gasteiger partial charge in [-0.1, -0.05) is 12.1 Å². The van der Waals surface area contributed by atoms with E-state index in [9.17, 15) is 14.4 Å². The van der Waals surface area contributed by atoms with Crippen molar-refractivity contribution in [2.24, 2.45) is 5.92 Å². The summed E-state index contributed by atoms with van der Waals surface area (Å²) < 4.78 is 14.3. The maximum atomic E-state index is 12.5. The van der Waals surface area contributed by atoms with E-state index >= 15 is 0 Å². The maximum absolute atomic E-state index is 12.5. The molecule has 0 heterocycles. The Morgan fingerprint density at radius 1 is 1.05 bits per heavy atom. The van der Waals surface area contributed by atoms with E-state index in [2.05, 4.69) is 9.47 Å². The molecule has 0 spiro atoms. The van der Waals surface area contributed by atoms with Gasteiger partial charge in [-0.15, -0.1) is 0 Å². The number of hydrogen-bond acceptors (Lipinski definition) is 6. The Hall–Kier alpha value is -2.37. The zero-order valence-electron chi connectivity index (χ0n) is 13.0. The van der Waals surface area contributed by atoms with Crippen LogP contribution in [0.25, 0.3) is 0 Å². The second-order valence-electron chi connectivity index (χ2n) is 4.69. The molecule has 0 aliphatic rings. The van der Waals surface area contributed by atoms with Gasteiger partial charge in [-0.05, 0) is 18.6 Å². The van der Waals surface area contributed by atoms with Gasteiger partial charge in [-0.25, -0.2) is 0 Å². The molecule has 22 heavy (non-hydrogen) atoms. The Kier molecular flexibility index (Phi) is 7.08. The van der Waals surface area contributed by atoms with E-state index in [0.717, 1.165) is 0 Å². The van der Waals surface area contributed by atoms with Crippen LogP contribution in [0.3, 0.4) is 0 Å². The molecule has 0 amide bonds. The molecular formula is C16H20O6. The van der Waals surface area contributed by atoms with Gasteiger partial charge in [-0.2, -0.15) is 0 Å². The van der Waals surface area contributed by atoms with Crippen LogP contribution in [0.2, 0.25) is 0 Å². The third-order valence-electron chi connectivity index (χ3n) is 3.29. The second kappa shape index (κ2) is 8.81. The van der Waals surface area contributed by atoms with E-state index in [1.54, 1.807) is 24.3 Å². The molecule has 120 valence electrons. The van der Waals surface area contributed by atoms with E-state index in [1.165, 1.54) is 21.3 Å². The predicted octanol–water partition coefficient (Wildman–Crippen LogP) is 2.01. The number of ketones is 1. The van der Waals surface area contributed by atoms with E-state index < -0.39 is 17.9 Å². The van der Waals surface area contributed by atoms with Crippen molar-refractivity contribution in [1.82, 2.24) is 0 Å². The number of rotatable bonds is 8. The summed E-state index contributed by atoms with van der Waals surface area (Å²) in [5.74, 6) is -1.23.